The quantitative estimate of drug-likeness (QED) is 0.728. The number of halogens is 1. The third kappa shape index (κ3) is 5.49. The van der Waals surface area contributed by atoms with Crippen molar-refractivity contribution in [3.05, 3.63) is 30.1 Å². The van der Waals surface area contributed by atoms with Crippen molar-refractivity contribution in [2.75, 3.05) is 31.6 Å². The molecule has 0 radical (unpaired) electrons. The Morgan fingerprint density at radius 2 is 2.05 bits per heavy atom. The first kappa shape index (κ1) is 15.4. The molecule has 2 rings (SSSR count). The van der Waals surface area contributed by atoms with E-state index in [9.17, 15) is 14.0 Å². The second kappa shape index (κ2) is 7.70. The molecule has 1 fully saturated rings. The summed E-state index contributed by atoms with van der Waals surface area (Å²) in [6, 6.07) is 5.40. The Morgan fingerprint density at radius 1 is 1.29 bits per heavy atom. The number of nitrogens with one attached hydrogen (secondary N) is 3. The molecule has 0 bridgehead atoms. The molecule has 1 aliphatic heterocycles. The highest BCUT2D eigenvalue weighted by Gasteiger charge is 2.17. The van der Waals surface area contributed by atoms with E-state index in [1.807, 2.05) is 0 Å². The highest BCUT2D eigenvalue weighted by atomic mass is 19.1. The van der Waals surface area contributed by atoms with Gasteiger partial charge in [-0.3, -0.25) is 9.59 Å². The van der Waals surface area contributed by atoms with Crippen molar-refractivity contribution in [3.8, 4) is 0 Å². The van der Waals surface area contributed by atoms with Crippen LogP contribution < -0.4 is 16.0 Å². The highest BCUT2D eigenvalue weighted by molar-refractivity contribution is 5.94. The van der Waals surface area contributed by atoms with Gasteiger partial charge in [0.1, 0.15) is 5.82 Å². The molecule has 2 amide bonds. The van der Waals surface area contributed by atoms with Gasteiger partial charge in [-0.15, -0.1) is 0 Å². The van der Waals surface area contributed by atoms with Crippen molar-refractivity contribution in [1.29, 1.82) is 0 Å². The van der Waals surface area contributed by atoms with Crippen LogP contribution in [0.2, 0.25) is 0 Å². The number of carbonyl (C=O) groups excluding carboxylic acids is 2. The first-order valence-electron chi connectivity index (χ1n) is 6.77. The van der Waals surface area contributed by atoms with E-state index in [0.717, 1.165) is 6.54 Å². The van der Waals surface area contributed by atoms with E-state index in [2.05, 4.69) is 16.0 Å². The first-order chi connectivity index (χ1) is 10.1. The maximum Gasteiger partial charge on any atom is 0.243 e. The standard InChI is InChI=1S/C14H18FN3O3/c15-10-1-3-11(4-2-10)18-14(20)8-17-13(19)7-12-9-21-6-5-16-12/h1-4,12,16H,5-9H2,(H,17,19)(H,18,20). The number of morpholine rings is 1. The molecule has 1 unspecified atom stereocenters. The van der Waals surface area contributed by atoms with Gasteiger partial charge in [-0.1, -0.05) is 0 Å². The molecule has 1 saturated heterocycles. The van der Waals surface area contributed by atoms with Crippen LogP contribution in [-0.2, 0) is 14.3 Å². The average molecular weight is 295 g/mol. The lowest BCUT2D eigenvalue weighted by Crippen LogP contribution is -2.45. The largest absolute Gasteiger partial charge is 0.378 e. The van der Waals surface area contributed by atoms with Gasteiger partial charge in [0.05, 0.1) is 19.8 Å². The van der Waals surface area contributed by atoms with Crippen LogP contribution in [-0.4, -0.2) is 44.2 Å². The van der Waals surface area contributed by atoms with Gasteiger partial charge in [-0.05, 0) is 24.3 Å². The normalized spacial score (nSPS) is 18.0. The summed E-state index contributed by atoms with van der Waals surface area (Å²) in [4.78, 5) is 23.3. The van der Waals surface area contributed by atoms with E-state index >= 15 is 0 Å². The lowest BCUT2D eigenvalue weighted by molar-refractivity contribution is -0.125. The lowest BCUT2D eigenvalue weighted by Gasteiger charge is -2.23. The van der Waals surface area contributed by atoms with Crippen LogP contribution in [0.15, 0.2) is 24.3 Å². The molecule has 0 saturated carbocycles. The number of hydrogen-bond donors (Lipinski definition) is 3. The van der Waals surface area contributed by atoms with Crippen molar-refractivity contribution in [3.63, 3.8) is 0 Å². The Balaban J connectivity index is 1.68. The summed E-state index contributed by atoms with van der Waals surface area (Å²) in [6.45, 7) is 1.75. The van der Waals surface area contributed by atoms with Crippen LogP contribution in [0.25, 0.3) is 0 Å². The number of anilines is 1. The molecule has 1 aromatic rings. The van der Waals surface area contributed by atoms with Gasteiger partial charge >= 0.3 is 0 Å². The van der Waals surface area contributed by atoms with Gasteiger partial charge < -0.3 is 20.7 Å². The first-order valence-corrected chi connectivity index (χ1v) is 6.77. The van der Waals surface area contributed by atoms with Crippen LogP contribution in [0.5, 0.6) is 0 Å². The van der Waals surface area contributed by atoms with E-state index in [4.69, 9.17) is 4.74 Å². The maximum absolute atomic E-state index is 12.7. The summed E-state index contributed by atoms with van der Waals surface area (Å²) < 4.78 is 18.0. The monoisotopic (exact) mass is 295 g/mol. The van der Waals surface area contributed by atoms with Crippen LogP contribution >= 0.6 is 0 Å². The number of hydrogen-bond acceptors (Lipinski definition) is 4. The molecule has 1 aromatic carbocycles. The zero-order valence-electron chi connectivity index (χ0n) is 11.5. The molecule has 1 heterocycles. The minimum atomic E-state index is -0.372. The molecule has 0 aromatic heterocycles. The fourth-order valence-corrected chi connectivity index (χ4v) is 1.96. The smallest absolute Gasteiger partial charge is 0.243 e. The molecule has 1 aliphatic rings. The molecule has 1 atom stereocenters. The molecule has 6 nitrogen and oxygen atoms in total. The van der Waals surface area contributed by atoms with E-state index in [-0.39, 0.29) is 36.6 Å². The second-order valence-corrected chi connectivity index (χ2v) is 4.76. The molecule has 7 heteroatoms. The average Bonchev–Trinajstić information content (AvgIpc) is 2.49. The zero-order valence-corrected chi connectivity index (χ0v) is 11.5. The maximum atomic E-state index is 12.7. The van der Waals surface area contributed by atoms with Gasteiger partial charge in [0.25, 0.3) is 0 Å². The summed E-state index contributed by atoms with van der Waals surface area (Å²) in [5.74, 6) is -0.946. The van der Waals surface area contributed by atoms with Crippen molar-refractivity contribution < 1.29 is 18.7 Å². The fourth-order valence-electron chi connectivity index (χ4n) is 1.96. The van der Waals surface area contributed by atoms with Gasteiger partial charge in [0.15, 0.2) is 0 Å². The van der Waals surface area contributed by atoms with Crippen molar-refractivity contribution in [1.82, 2.24) is 10.6 Å². The van der Waals surface area contributed by atoms with Crippen molar-refractivity contribution in [2.45, 2.75) is 12.5 Å². The minimum Gasteiger partial charge on any atom is -0.378 e. The van der Waals surface area contributed by atoms with E-state index < -0.39 is 0 Å². The molecule has 114 valence electrons. The predicted molar refractivity (Wildman–Crippen MR) is 75.3 cm³/mol. The topological polar surface area (TPSA) is 79.5 Å². The predicted octanol–water partition coefficient (Wildman–Crippen LogP) is 0.259. The summed E-state index contributed by atoms with van der Waals surface area (Å²) in [7, 11) is 0. The van der Waals surface area contributed by atoms with Gasteiger partial charge in [0, 0.05) is 24.7 Å². The Kier molecular flexibility index (Phi) is 5.65. The molecular formula is C14H18FN3O3. The summed E-state index contributed by atoms with van der Waals surface area (Å²) in [5, 5.41) is 8.27. The molecule has 21 heavy (non-hydrogen) atoms. The van der Waals surface area contributed by atoms with Gasteiger partial charge in [-0.25, -0.2) is 4.39 Å². The third-order valence-electron chi connectivity index (χ3n) is 3.00. The van der Waals surface area contributed by atoms with Crippen LogP contribution in [0.4, 0.5) is 10.1 Å². The van der Waals surface area contributed by atoms with Crippen LogP contribution in [0.3, 0.4) is 0 Å². The summed E-state index contributed by atoms with van der Waals surface area (Å²) >= 11 is 0. The fraction of sp³-hybridized carbons (Fsp3) is 0.429. The van der Waals surface area contributed by atoms with Crippen LogP contribution in [0.1, 0.15) is 6.42 Å². The van der Waals surface area contributed by atoms with Crippen molar-refractivity contribution in [2.24, 2.45) is 0 Å². The van der Waals surface area contributed by atoms with E-state index in [0.29, 0.717) is 18.9 Å². The minimum absolute atomic E-state index is 0.0149. The zero-order chi connectivity index (χ0) is 15.1. The Bertz CT molecular complexity index is 487. The Labute approximate surface area is 122 Å². The molecule has 3 N–H and O–H groups in total. The number of benzene rings is 1. The summed E-state index contributed by atoms with van der Waals surface area (Å²) in [5.41, 5.74) is 0.484. The van der Waals surface area contributed by atoms with E-state index in [1.165, 1.54) is 24.3 Å². The third-order valence-corrected chi connectivity index (χ3v) is 3.00. The van der Waals surface area contributed by atoms with Crippen LogP contribution in [0, 0.1) is 5.82 Å². The number of carbonyl (C=O) groups is 2. The Hall–Kier alpha value is -1.99. The van der Waals surface area contributed by atoms with E-state index in [1.54, 1.807) is 0 Å². The number of rotatable bonds is 5. The number of ether oxygens (including phenoxy) is 1. The van der Waals surface area contributed by atoms with Gasteiger partial charge in [-0.2, -0.15) is 0 Å². The van der Waals surface area contributed by atoms with Crippen molar-refractivity contribution >= 4 is 17.5 Å². The molecular weight excluding hydrogens is 277 g/mol. The lowest BCUT2D eigenvalue weighted by atomic mass is 10.2. The second-order valence-electron chi connectivity index (χ2n) is 4.76. The van der Waals surface area contributed by atoms with Gasteiger partial charge in [0.2, 0.25) is 11.8 Å². The molecule has 0 aliphatic carbocycles. The highest BCUT2D eigenvalue weighted by Crippen LogP contribution is 2.07. The SMILES string of the molecule is O=C(CC1COCCN1)NCC(=O)Nc1ccc(F)cc1. The summed E-state index contributed by atoms with van der Waals surface area (Å²) in [6.07, 6.45) is 0.268. The molecule has 0 spiro atoms. The number of amides is 2. The Morgan fingerprint density at radius 3 is 2.71 bits per heavy atom.